The van der Waals surface area contributed by atoms with E-state index in [2.05, 4.69) is 30.5 Å². The van der Waals surface area contributed by atoms with E-state index in [0.29, 0.717) is 22.0 Å². The lowest BCUT2D eigenvalue weighted by Gasteiger charge is -2.12. The van der Waals surface area contributed by atoms with Crippen molar-refractivity contribution in [2.45, 2.75) is 5.16 Å². The third kappa shape index (κ3) is 3.76. The van der Waals surface area contributed by atoms with Crippen LogP contribution in [-0.2, 0) is 4.79 Å². The topological polar surface area (TPSA) is 138 Å². The standard InChI is InChI=1S/C21H15N7O3S/c29-16-10-15(28(21(31)24-16)12-6-2-1-3-7-12)23-17(30)11-32-20-25-19-18(26-27-20)13-8-4-5-9-14(13)22-19/h1-10H,11H2,(H,23,30)(H,22,25,27)(H,24,29,31). The van der Waals surface area contributed by atoms with Crippen molar-refractivity contribution in [3.63, 3.8) is 0 Å². The Morgan fingerprint density at radius 1 is 1.00 bits per heavy atom. The van der Waals surface area contributed by atoms with Crippen LogP contribution in [0.15, 0.2) is 75.4 Å². The van der Waals surface area contributed by atoms with E-state index in [1.54, 1.807) is 30.3 Å². The van der Waals surface area contributed by atoms with E-state index in [0.717, 1.165) is 28.7 Å². The highest BCUT2D eigenvalue weighted by Crippen LogP contribution is 2.23. The Kier molecular flexibility index (Phi) is 5.00. The van der Waals surface area contributed by atoms with Gasteiger partial charge in [0.2, 0.25) is 11.1 Å². The van der Waals surface area contributed by atoms with E-state index in [1.165, 1.54) is 4.57 Å². The van der Waals surface area contributed by atoms with Gasteiger partial charge < -0.3 is 10.3 Å². The Bertz CT molecular complexity index is 1570. The molecule has 10 nitrogen and oxygen atoms in total. The molecule has 5 rings (SSSR count). The molecule has 158 valence electrons. The smallest absolute Gasteiger partial charge is 0.334 e. The zero-order chi connectivity index (χ0) is 22.1. The molecule has 0 aliphatic carbocycles. The van der Waals surface area contributed by atoms with Crippen LogP contribution >= 0.6 is 11.8 Å². The minimum atomic E-state index is -0.650. The normalized spacial score (nSPS) is 11.1. The van der Waals surface area contributed by atoms with E-state index in [-0.39, 0.29) is 11.6 Å². The summed E-state index contributed by atoms with van der Waals surface area (Å²) in [6.45, 7) is 0. The number of benzene rings is 2. The van der Waals surface area contributed by atoms with Crippen molar-refractivity contribution in [1.29, 1.82) is 0 Å². The summed E-state index contributed by atoms with van der Waals surface area (Å²) >= 11 is 1.09. The lowest BCUT2D eigenvalue weighted by Crippen LogP contribution is -2.32. The maximum Gasteiger partial charge on any atom is 0.334 e. The van der Waals surface area contributed by atoms with Gasteiger partial charge in [0.05, 0.1) is 11.4 Å². The number of carbonyl (C=O) groups excluding carboxylic acids is 1. The van der Waals surface area contributed by atoms with Gasteiger partial charge in [0.1, 0.15) is 11.3 Å². The second-order valence-corrected chi connectivity index (χ2v) is 7.74. The van der Waals surface area contributed by atoms with Gasteiger partial charge >= 0.3 is 5.69 Å². The lowest BCUT2D eigenvalue weighted by atomic mass is 10.2. The predicted molar refractivity (Wildman–Crippen MR) is 121 cm³/mol. The summed E-state index contributed by atoms with van der Waals surface area (Å²) in [4.78, 5) is 46.5. The van der Waals surface area contributed by atoms with Crippen molar-refractivity contribution in [2.24, 2.45) is 0 Å². The fraction of sp³-hybridized carbons (Fsp3) is 0.0476. The summed E-state index contributed by atoms with van der Waals surface area (Å²) in [6.07, 6.45) is 0. The summed E-state index contributed by atoms with van der Waals surface area (Å²) in [7, 11) is 0. The van der Waals surface area contributed by atoms with Crippen LogP contribution in [0.2, 0.25) is 0 Å². The average Bonchev–Trinajstić information content (AvgIpc) is 3.16. The van der Waals surface area contributed by atoms with Crippen molar-refractivity contribution in [1.82, 2.24) is 29.7 Å². The van der Waals surface area contributed by atoms with E-state index in [1.807, 2.05) is 24.3 Å². The molecule has 3 N–H and O–H groups in total. The van der Waals surface area contributed by atoms with Crippen LogP contribution in [0.3, 0.4) is 0 Å². The Morgan fingerprint density at radius 3 is 2.62 bits per heavy atom. The van der Waals surface area contributed by atoms with Gasteiger partial charge in [-0.1, -0.05) is 48.2 Å². The first-order valence-electron chi connectivity index (χ1n) is 9.54. The summed E-state index contributed by atoms with van der Waals surface area (Å²) in [5.41, 5.74) is 1.39. The molecule has 0 bridgehead atoms. The molecule has 32 heavy (non-hydrogen) atoms. The highest BCUT2D eigenvalue weighted by molar-refractivity contribution is 7.99. The molecule has 1 amide bonds. The van der Waals surface area contributed by atoms with E-state index in [9.17, 15) is 14.4 Å². The predicted octanol–water partition coefficient (Wildman–Crippen LogP) is 2.08. The third-order valence-corrected chi connectivity index (χ3v) is 5.50. The average molecular weight is 445 g/mol. The third-order valence-electron chi connectivity index (χ3n) is 4.66. The van der Waals surface area contributed by atoms with Crippen LogP contribution in [0.25, 0.3) is 27.8 Å². The first-order chi connectivity index (χ1) is 15.6. The number of thioether (sulfide) groups is 1. The largest absolute Gasteiger partial charge is 0.338 e. The monoisotopic (exact) mass is 445 g/mol. The zero-order valence-electron chi connectivity index (χ0n) is 16.4. The van der Waals surface area contributed by atoms with E-state index >= 15 is 0 Å². The van der Waals surface area contributed by atoms with Crippen molar-refractivity contribution in [2.75, 3.05) is 11.1 Å². The molecule has 0 fully saturated rings. The molecule has 0 radical (unpaired) electrons. The number of carbonyl (C=O) groups is 1. The molecule has 0 aliphatic rings. The summed E-state index contributed by atoms with van der Waals surface area (Å²) in [5.74, 6) is -0.394. The number of aromatic nitrogens is 6. The molecule has 0 saturated heterocycles. The van der Waals surface area contributed by atoms with Crippen LogP contribution in [0.5, 0.6) is 0 Å². The number of hydrogen-bond acceptors (Lipinski definition) is 7. The Balaban J connectivity index is 1.36. The molecule has 5 aromatic rings. The molecule has 0 unspecified atom stereocenters. The molecule has 0 spiro atoms. The van der Waals surface area contributed by atoms with Gasteiger partial charge in [-0.3, -0.25) is 14.6 Å². The molecular formula is C21H15N7O3S. The summed E-state index contributed by atoms with van der Waals surface area (Å²) < 4.78 is 1.22. The molecule has 0 aliphatic heterocycles. The number of aromatic amines is 2. The SMILES string of the molecule is O=C(CSc1nnc2c(n1)[nH]c1ccccc12)Nc1cc(=O)[nH]c(=O)n1-c1ccccc1. The van der Waals surface area contributed by atoms with Crippen molar-refractivity contribution in [3.05, 3.63) is 81.5 Å². The van der Waals surface area contributed by atoms with Crippen molar-refractivity contribution < 1.29 is 4.79 Å². The maximum atomic E-state index is 12.6. The molecule has 0 atom stereocenters. The van der Waals surface area contributed by atoms with Crippen LogP contribution in [0, 0.1) is 0 Å². The van der Waals surface area contributed by atoms with Crippen LogP contribution in [0.1, 0.15) is 0 Å². The quantitative estimate of drug-likeness (QED) is 0.352. The minimum Gasteiger partial charge on any atom is -0.338 e. The number of hydrogen-bond donors (Lipinski definition) is 3. The number of amides is 1. The number of H-pyrrole nitrogens is 2. The number of nitrogens with one attached hydrogen (secondary N) is 3. The highest BCUT2D eigenvalue weighted by Gasteiger charge is 2.14. The Hall–Kier alpha value is -4.25. The molecule has 2 aromatic carbocycles. The van der Waals surface area contributed by atoms with Gasteiger partial charge in [-0.05, 0) is 18.2 Å². The fourth-order valence-electron chi connectivity index (χ4n) is 3.30. The summed E-state index contributed by atoms with van der Waals surface area (Å²) in [5, 5.41) is 12.2. The highest BCUT2D eigenvalue weighted by atomic mass is 32.2. The zero-order valence-corrected chi connectivity index (χ0v) is 17.2. The first kappa shape index (κ1) is 19.7. The van der Waals surface area contributed by atoms with Crippen LogP contribution < -0.4 is 16.6 Å². The molecule has 0 saturated carbocycles. The number of rotatable bonds is 5. The van der Waals surface area contributed by atoms with Gasteiger partial charge in [-0.2, -0.15) is 0 Å². The number of nitrogens with zero attached hydrogens (tertiary/aromatic N) is 4. The summed E-state index contributed by atoms with van der Waals surface area (Å²) in [6, 6.07) is 17.5. The number of anilines is 1. The minimum absolute atomic E-state index is 0.0385. The molecule has 11 heteroatoms. The Labute approximate surface area is 183 Å². The maximum absolute atomic E-state index is 12.6. The van der Waals surface area contributed by atoms with Gasteiger partial charge in [0, 0.05) is 17.0 Å². The Morgan fingerprint density at radius 2 is 1.78 bits per heavy atom. The molecule has 3 heterocycles. The number of fused-ring (bicyclic) bond motifs is 3. The van der Waals surface area contributed by atoms with Gasteiger partial charge in [-0.25, -0.2) is 14.3 Å². The second-order valence-electron chi connectivity index (χ2n) is 6.79. The fourth-order valence-corrected chi connectivity index (χ4v) is 3.88. The molecule has 3 aromatic heterocycles. The van der Waals surface area contributed by atoms with Crippen LogP contribution in [-0.4, -0.2) is 41.4 Å². The second kappa shape index (κ2) is 8.12. The lowest BCUT2D eigenvalue weighted by molar-refractivity contribution is -0.113. The van der Waals surface area contributed by atoms with Gasteiger partial charge in [0.25, 0.3) is 5.56 Å². The van der Waals surface area contributed by atoms with E-state index < -0.39 is 17.2 Å². The van der Waals surface area contributed by atoms with Crippen molar-refractivity contribution >= 4 is 45.6 Å². The first-order valence-corrected chi connectivity index (χ1v) is 10.5. The molecular weight excluding hydrogens is 430 g/mol. The number of para-hydroxylation sites is 2. The van der Waals surface area contributed by atoms with Crippen molar-refractivity contribution in [3.8, 4) is 5.69 Å². The van der Waals surface area contributed by atoms with Gasteiger partial charge in [-0.15, -0.1) is 10.2 Å². The van der Waals surface area contributed by atoms with Crippen LogP contribution in [0.4, 0.5) is 5.82 Å². The van der Waals surface area contributed by atoms with Gasteiger partial charge in [0.15, 0.2) is 5.65 Å². The van der Waals surface area contributed by atoms with E-state index in [4.69, 9.17) is 0 Å².